The van der Waals surface area contributed by atoms with E-state index in [0.29, 0.717) is 11.3 Å². The average molecular weight is 286 g/mol. The molecule has 21 heavy (non-hydrogen) atoms. The molecule has 2 saturated carbocycles. The van der Waals surface area contributed by atoms with Crippen molar-refractivity contribution in [1.82, 2.24) is 0 Å². The van der Waals surface area contributed by atoms with Crippen LogP contribution >= 0.6 is 0 Å². The van der Waals surface area contributed by atoms with Gasteiger partial charge in [-0.15, -0.1) is 0 Å². The van der Waals surface area contributed by atoms with Crippen molar-refractivity contribution in [2.75, 3.05) is 7.11 Å². The smallest absolute Gasteiger partial charge is 0.119 e. The molecule has 2 heteroatoms. The molecule has 0 saturated heterocycles. The first kappa shape index (κ1) is 13.6. The van der Waals surface area contributed by atoms with Gasteiger partial charge in [0.2, 0.25) is 0 Å². The van der Waals surface area contributed by atoms with Gasteiger partial charge in [-0.1, -0.05) is 13.0 Å². The van der Waals surface area contributed by atoms with Crippen LogP contribution in [0.2, 0.25) is 0 Å². The summed E-state index contributed by atoms with van der Waals surface area (Å²) >= 11 is 0. The molecule has 0 bridgehead atoms. The summed E-state index contributed by atoms with van der Waals surface area (Å²) in [5.74, 6) is 3.20. The zero-order valence-electron chi connectivity index (χ0n) is 13.1. The quantitative estimate of drug-likeness (QED) is 0.848. The lowest BCUT2D eigenvalue weighted by Crippen LogP contribution is -2.39. The van der Waals surface area contributed by atoms with Gasteiger partial charge < -0.3 is 9.84 Å². The van der Waals surface area contributed by atoms with E-state index in [1.807, 2.05) is 0 Å². The fourth-order valence-electron chi connectivity index (χ4n) is 5.71. The molecule has 1 N–H and O–H groups in total. The lowest BCUT2D eigenvalue weighted by molar-refractivity contribution is 0.0596. The molecule has 2 fully saturated rings. The Balaban J connectivity index is 1.68. The number of aliphatic hydroxyl groups is 1. The van der Waals surface area contributed by atoms with Crippen LogP contribution in [0, 0.1) is 17.3 Å². The van der Waals surface area contributed by atoms with Gasteiger partial charge in [0, 0.05) is 0 Å². The highest BCUT2D eigenvalue weighted by molar-refractivity contribution is 5.40. The highest BCUT2D eigenvalue weighted by atomic mass is 16.5. The molecule has 114 valence electrons. The van der Waals surface area contributed by atoms with Crippen molar-refractivity contribution < 1.29 is 9.84 Å². The molecule has 0 aromatic heterocycles. The summed E-state index contributed by atoms with van der Waals surface area (Å²) < 4.78 is 5.38. The van der Waals surface area contributed by atoms with Gasteiger partial charge in [0.15, 0.2) is 0 Å². The van der Waals surface area contributed by atoms with Crippen LogP contribution < -0.4 is 4.74 Å². The zero-order valence-corrected chi connectivity index (χ0v) is 13.1. The maximum atomic E-state index is 10.2. The average Bonchev–Trinajstić information content (AvgIpc) is 2.80. The standard InChI is InChI=1S/C19H26O2/c1-19-8-7-16-15-6-4-14(21-2)9-12(15)3-5-17(16)18(19)10-13(20)11-19/h4,6,9,13,16-18,20H,3,5,7-8,10-11H2,1-2H3/t13-,16+,17-,18-,19-/m0/s1. The normalized spacial score (nSPS) is 41.1. The molecule has 0 radical (unpaired) electrons. The molecule has 3 aliphatic rings. The van der Waals surface area contributed by atoms with Crippen molar-refractivity contribution in [3.8, 4) is 5.75 Å². The molecular weight excluding hydrogens is 260 g/mol. The topological polar surface area (TPSA) is 29.5 Å². The Kier molecular flexibility index (Phi) is 3.08. The molecule has 5 atom stereocenters. The number of hydrogen-bond donors (Lipinski definition) is 1. The first-order valence-corrected chi connectivity index (χ1v) is 8.45. The molecule has 1 aromatic carbocycles. The Morgan fingerprint density at radius 3 is 2.95 bits per heavy atom. The van der Waals surface area contributed by atoms with Crippen molar-refractivity contribution in [3.05, 3.63) is 29.3 Å². The molecule has 0 unspecified atom stereocenters. The minimum absolute atomic E-state index is 0.0592. The van der Waals surface area contributed by atoms with Crippen LogP contribution in [0.1, 0.15) is 56.1 Å². The third-order valence-corrected chi connectivity index (χ3v) is 6.68. The van der Waals surface area contributed by atoms with Crippen molar-refractivity contribution in [1.29, 1.82) is 0 Å². The Labute approximate surface area is 127 Å². The lowest BCUT2D eigenvalue weighted by Gasteiger charge is -2.49. The molecule has 0 amide bonds. The van der Waals surface area contributed by atoms with Crippen molar-refractivity contribution >= 4 is 0 Å². The maximum Gasteiger partial charge on any atom is 0.119 e. The Morgan fingerprint density at radius 1 is 1.29 bits per heavy atom. The van der Waals surface area contributed by atoms with E-state index in [9.17, 15) is 5.11 Å². The van der Waals surface area contributed by atoms with Gasteiger partial charge in [0.25, 0.3) is 0 Å². The number of benzene rings is 1. The second-order valence-electron chi connectivity index (χ2n) is 7.77. The van der Waals surface area contributed by atoms with Gasteiger partial charge in [0.05, 0.1) is 13.2 Å². The lowest BCUT2D eigenvalue weighted by atomic mass is 9.56. The van der Waals surface area contributed by atoms with E-state index in [1.165, 1.54) is 31.2 Å². The van der Waals surface area contributed by atoms with Crippen LogP contribution in [0.15, 0.2) is 18.2 Å². The van der Waals surface area contributed by atoms with Crippen LogP contribution in [0.4, 0.5) is 0 Å². The van der Waals surface area contributed by atoms with Crippen LogP contribution in [0.5, 0.6) is 5.75 Å². The Hall–Kier alpha value is -1.02. The number of rotatable bonds is 1. The molecule has 1 aromatic rings. The van der Waals surface area contributed by atoms with E-state index < -0.39 is 0 Å². The van der Waals surface area contributed by atoms with E-state index in [2.05, 4.69) is 25.1 Å². The SMILES string of the molecule is COc1ccc2c(c1)CC[C@H]1[C@@H]2CC[C@@]2(C)C[C@@H](O)C[C@@H]12. The fraction of sp³-hybridized carbons (Fsp3) is 0.684. The van der Waals surface area contributed by atoms with Crippen LogP contribution in [0.3, 0.4) is 0 Å². The second kappa shape index (κ2) is 4.74. The Bertz CT molecular complexity index is 552. The minimum atomic E-state index is -0.0592. The Morgan fingerprint density at radius 2 is 2.14 bits per heavy atom. The largest absolute Gasteiger partial charge is 0.497 e. The molecular formula is C19H26O2. The monoisotopic (exact) mass is 286 g/mol. The zero-order chi connectivity index (χ0) is 14.6. The predicted octanol–water partition coefficient (Wildman–Crippen LogP) is 3.91. The number of aliphatic hydroxyl groups excluding tert-OH is 1. The van der Waals surface area contributed by atoms with E-state index in [4.69, 9.17) is 4.74 Å². The summed E-state index contributed by atoms with van der Waals surface area (Å²) in [5, 5.41) is 10.2. The van der Waals surface area contributed by atoms with E-state index in [1.54, 1.807) is 12.7 Å². The highest BCUT2D eigenvalue weighted by Crippen LogP contribution is 2.60. The van der Waals surface area contributed by atoms with E-state index in [-0.39, 0.29) is 6.10 Å². The van der Waals surface area contributed by atoms with Crippen LogP contribution in [0.25, 0.3) is 0 Å². The van der Waals surface area contributed by atoms with Crippen LogP contribution in [-0.2, 0) is 6.42 Å². The predicted molar refractivity (Wildman–Crippen MR) is 83.6 cm³/mol. The fourth-order valence-corrected chi connectivity index (χ4v) is 5.71. The first-order valence-electron chi connectivity index (χ1n) is 8.45. The molecule has 2 nitrogen and oxygen atoms in total. The summed E-state index contributed by atoms with van der Waals surface area (Å²) in [6.07, 6.45) is 7.04. The summed E-state index contributed by atoms with van der Waals surface area (Å²) in [4.78, 5) is 0. The molecule has 0 heterocycles. The number of hydrogen-bond acceptors (Lipinski definition) is 2. The number of methoxy groups -OCH3 is 1. The molecule has 3 aliphatic carbocycles. The van der Waals surface area contributed by atoms with Gasteiger partial charge in [-0.25, -0.2) is 0 Å². The number of ether oxygens (including phenoxy) is 1. The van der Waals surface area contributed by atoms with Crippen LogP contribution in [-0.4, -0.2) is 18.3 Å². The molecule has 4 rings (SSSR count). The molecule has 0 spiro atoms. The van der Waals surface area contributed by atoms with Gasteiger partial charge in [-0.3, -0.25) is 0 Å². The van der Waals surface area contributed by atoms with Crippen molar-refractivity contribution in [2.45, 2.75) is 57.5 Å². The summed E-state index contributed by atoms with van der Waals surface area (Å²) in [7, 11) is 1.75. The third kappa shape index (κ3) is 2.03. The minimum Gasteiger partial charge on any atom is -0.497 e. The third-order valence-electron chi connectivity index (χ3n) is 6.68. The number of fused-ring (bicyclic) bond motifs is 5. The van der Waals surface area contributed by atoms with E-state index >= 15 is 0 Å². The van der Waals surface area contributed by atoms with Gasteiger partial charge >= 0.3 is 0 Å². The van der Waals surface area contributed by atoms with Gasteiger partial charge in [-0.05, 0) is 85.0 Å². The van der Waals surface area contributed by atoms with Crippen molar-refractivity contribution in [2.24, 2.45) is 17.3 Å². The maximum absolute atomic E-state index is 10.2. The summed E-state index contributed by atoms with van der Waals surface area (Å²) in [5.41, 5.74) is 3.46. The van der Waals surface area contributed by atoms with Gasteiger partial charge in [0.1, 0.15) is 5.75 Å². The first-order chi connectivity index (χ1) is 10.1. The van der Waals surface area contributed by atoms with Crippen molar-refractivity contribution in [3.63, 3.8) is 0 Å². The van der Waals surface area contributed by atoms with E-state index in [0.717, 1.165) is 30.4 Å². The molecule has 0 aliphatic heterocycles. The summed E-state index contributed by atoms with van der Waals surface area (Å²) in [6, 6.07) is 6.67. The number of aryl methyl sites for hydroxylation is 1. The summed E-state index contributed by atoms with van der Waals surface area (Å²) in [6.45, 7) is 2.42. The highest BCUT2D eigenvalue weighted by Gasteiger charge is 2.52. The van der Waals surface area contributed by atoms with Gasteiger partial charge in [-0.2, -0.15) is 0 Å². The second-order valence-corrected chi connectivity index (χ2v) is 7.77.